The summed E-state index contributed by atoms with van der Waals surface area (Å²) >= 11 is 0. The highest BCUT2D eigenvalue weighted by Crippen LogP contribution is 2.48. The van der Waals surface area contributed by atoms with Gasteiger partial charge in [-0.2, -0.15) is 0 Å². The molecule has 0 radical (unpaired) electrons. The molecule has 2 heterocycles. The van der Waals surface area contributed by atoms with Gasteiger partial charge in [0.2, 0.25) is 0 Å². The Hall–Kier alpha value is -4.00. The average Bonchev–Trinajstić information content (AvgIpc) is 3.36. The van der Waals surface area contributed by atoms with Crippen molar-refractivity contribution in [3.8, 4) is 11.3 Å². The second kappa shape index (κ2) is 11.2. The van der Waals surface area contributed by atoms with E-state index in [2.05, 4.69) is 22.3 Å². The van der Waals surface area contributed by atoms with Crippen molar-refractivity contribution in [1.82, 2.24) is 14.5 Å². The Bertz CT molecular complexity index is 1610. The summed E-state index contributed by atoms with van der Waals surface area (Å²) < 4.78 is 14.9. The summed E-state index contributed by atoms with van der Waals surface area (Å²) in [6.45, 7) is 1.91. The molecule has 1 N–H and O–H groups in total. The molecule has 1 aromatic heterocycles. The third-order valence-corrected chi connectivity index (χ3v) is 8.26. The first-order chi connectivity index (χ1) is 19.5. The Labute approximate surface area is 233 Å². The molecule has 0 saturated heterocycles. The second-order valence-electron chi connectivity index (χ2n) is 10.0. The van der Waals surface area contributed by atoms with Crippen molar-refractivity contribution in [2.75, 3.05) is 11.9 Å². The normalized spacial score (nSPS) is 16.3. The van der Waals surface area contributed by atoms with Crippen LogP contribution in [0.5, 0.6) is 0 Å². The van der Waals surface area contributed by atoms with Crippen LogP contribution in [0.1, 0.15) is 34.5 Å². The molecule has 4 aromatic carbocycles. The first-order valence-corrected chi connectivity index (χ1v) is 14.9. The van der Waals surface area contributed by atoms with E-state index in [1.807, 2.05) is 89.5 Å². The van der Waals surface area contributed by atoms with Crippen LogP contribution in [-0.2, 0) is 17.7 Å². The maximum atomic E-state index is 12.9. The summed E-state index contributed by atoms with van der Waals surface area (Å²) in [6, 6.07) is 38.7. The quantitative estimate of drug-likeness (QED) is 0.269. The first-order valence-electron chi connectivity index (χ1n) is 13.3. The van der Waals surface area contributed by atoms with E-state index in [4.69, 9.17) is 4.98 Å². The number of nitrogens with zero attached hydrogens (tertiary/aromatic N) is 3. The Morgan fingerprint density at radius 2 is 1.40 bits per heavy atom. The predicted octanol–water partition coefficient (Wildman–Crippen LogP) is 5.18. The smallest absolute Gasteiger partial charge is 0.138 e. The number of hydrogen-bond donors (Lipinski definition) is 1. The average molecular weight is 549 g/mol. The summed E-state index contributed by atoms with van der Waals surface area (Å²) in [5, 5.41) is 2.99. The lowest BCUT2D eigenvalue weighted by Crippen LogP contribution is -2.39. The molecule has 40 heavy (non-hydrogen) atoms. The molecular weight excluding hydrogens is 519 g/mol. The topological polar surface area (TPSA) is 96.3 Å². The van der Waals surface area contributed by atoms with Crippen molar-refractivity contribution in [3.63, 3.8) is 0 Å². The fourth-order valence-electron chi connectivity index (χ4n) is 5.48. The monoisotopic (exact) mass is 548 g/mol. The molecule has 5 aromatic rings. The lowest BCUT2D eigenvalue weighted by atomic mass is 10.0. The molecule has 8 heteroatoms. The fraction of sp³-hybridized carbons (Fsp3) is 0.156. The maximum Gasteiger partial charge on any atom is 0.138 e. The summed E-state index contributed by atoms with van der Waals surface area (Å²) in [5.74, 6) is -1.34. The fourth-order valence-corrected chi connectivity index (χ4v) is 6.25. The van der Waals surface area contributed by atoms with E-state index >= 15 is 0 Å². The molecule has 6 rings (SSSR count). The Balaban J connectivity index is 1.54. The zero-order valence-electron chi connectivity index (χ0n) is 21.8. The molecule has 202 valence electrons. The van der Waals surface area contributed by atoms with Gasteiger partial charge in [-0.3, -0.25) is 4.90 Å². The molecule has 0 amide bonds. The van der Waals surface area contributed by atoms with Crippen LogP contribution >= 0.6 is 7.60 Å². The van der Waals surface area contributed by atoms with Gasteiger partial charge in [-0.05, 0) is 30.9 Å². The van der Waals surface area contributed by atoms with E-state index in [1.165, 1.54) is 5.56 Å². The minimum Gasteiger partial charge on any atom is -0.809 e. The summed E-state index contributed by atoms with van der Waals surface area (Å²) in [6.07, 6.45) is 0. The van der Waals surface area contributed by atoms with Crippen LogP contribution in [0, 0.1) is 0 Å². The van der Waals surface area contributed by atoms with Crippen molar-refractivity contribution in [2.24, 2.45) is 0 Å². The van der Waals surface area contributed by atoms with Crippen LogP contribution in [0.4, 0.5) is 5.69 Å². The lowest BCUT2D eigenvalue weighted by molar-refractivity contribution is -0.316. The van der Waals surface area contributed by atoms with Gasteiger partial charge in [-0.1, -0.05) is 109 Å². The molecule has 1 aliphatic heterocycles. The van der Waals surface area contributed by atoms with E-state index in [1.54, 1.807) is 24.3 Å². The van der Waals surface area contributed by atoms with E-state index in [0.717, 1.165) is 23.4 Å². The molecule has 0 bridgehead atoms. The minimum atomic E-state index is -5.18. The molecule has 0 saturated carbocycles. The van der Waals surface area contributed by atoms with Gasteiger partial charge < -0.3 is 24.2 Å². The Morgan fingerprint density at radius 1 is 0.825 bits per heavy atom. The van der Waals surface area contributed by atoms with Crippen molar-refractivity contribution >= 4 is 13.3 Å². The number of imidazole rings is 1. The van der Waals surface area contributed by atoms with Gasteiger partial charge in [-0.25, -0.2) is 4.98 Å². The third-order valence-electron chi connectivity index (χ3n) is 7.27. The lowest BCUT2D eigenvalue weighted by Gasteiger charge is -2.41. The third kappa shape index (κ3) is 5.51. The molecule has 0 fully saturated rings. The van der Waals surface area contributed by atoms with E-state index < -0.39 is 13.4 Å². The molecule has 7 nitrogen and oxygen atoms in total. The van der Waals surface area contributed by atoms with Crippen molar-refractivity contribution in [3.05, 3.63) is 144 Å². The van der Waals surface area contributed by atoms with Crippen LogP contribution in [0.3, 0.4) is 0 Å². The molecule has 0 aliphatic carbocycles. The highest BCUT2D eigenvalue weighted by atomic mass is 31.2. The SMILES string of the molecule is O=P([O-])([O-])C(Nc1ccccc1)c1nc(-c2ccccc2)c2n1C(c1ccccc1)CN(Cc1ccccc1)C2. The van der Waals surface area contributed by atoms with Crippen LogP contribution in [-0.4, -0.2) is 21.0 Å². The molecular formula is C32H29N4O3P-2. The van der Waals surface area contributed by atoms with Crippen LogP contribution < -0.4 is 15.1 Å². The van der Waals surface area contributed by atoms with E-state index in [0.29, 0.717) is 24.5 Å². The summed E-state index contributed by atoms with van der Waals surface area (Å²) in [7, 11) is -5.18. The van der Waals surface area contributed by atoms with Gasteiger partial charge in [0, 0.05) is 30.9 Å². The predicted molar refractivity (Wildman–Crippen MR) is 153 cm³/mol. The minimum absolute atomic E-state index is 0.208. The maximum absolute atomic E-state index is 12.9. The number of hydrogen-bond acceptors (Lipinski definition) is 6. The van der Waals surface area contributed by atoms with Crippen molar-refractivity contribution in [1.29, 1.82) is 0 Å². The Kier molecular flexibility index (Phi) is 7.37. The van der Waals surface area contributed by atoms with Gasteiger partial charge >= 0.3 is 0 Å². The second-order valence-corrected chi connectivity index (χ2v) is 11.6. The number of benzene rings is 4. The van der Waals surface area contributed by atoms with Gasteiger partial charge in [0.05, 0.1) is 17.4 Å². The summed E-state index contributed by atoms with van der Waals surface area (Å²) in [5.41, 5.74) is 5.18. The first kappa shape index (κ1) is 26.2. The van der Waals surface area contributed by atoms with Crippen LogP contribution in [0.25, 0.3) is 11.3 Å². The van der Waals surface area contributed by atoms with Crippen LogP contribution in [0.2, 0.25) is 0 Å². The number of para-hydroxylation sites is 1. The standard InChI is InChI=1S/C32H31N4O3P/c37-40(38,39)32(33-27-19-11-4-12-20-27)31-34-30(26-17-9-3-10-18-26)29-23-35(21-24-13-5-1-6-14-24)22-28(36(29)31)25-15-7-2-8-16-25/h1-20,28,32-33H,21-23H2,(H2,37,38,39)/p-2. The number of nitrogens with one attached hydrogen (secondary N) is 1. The molecule has 2 atom stereocenters. The number of aromatic nitrogens is 2. The molecule has 2 unspecified atom stereocenters. The number of fused-ring (bicyclic) bond motifs is 1. The van der Waals surface area contributed by atoms with E-state index in [9.17, 15) is 14.4 Å². The largest absolute Gasteiger partial charge is 0.809 e. The summed E-state index contributed by atoms with van der Waals surface area (Å²) in [4.78, 5) is 33.0. The van der Waals surface area contributed by atoms with Gasteiger partial charge in [-0.15, -0.1) is 0 Å². The van der Waals surface area contributed by atoms with Gasteiger partial charge in [0.15, 0.2) is 0 Å². The molecule has 0 spiro atoms. The highest BCUT2D eigenvalue weighted by molar-refractivity contribution is 7.49. The number of rotatable bonds is 8. The van der Waals surface area contributed by atoms with Gasteiger partial charge in [0.1, 0.15) is 11.6 Å². The Morgan fingerprint density at radius 3 is 2.02 bits per heavy atom. The van der Waals surface area contributed by atoms with Crippen molar-refractivity contribution < 1.29 is 14.4 Å². The van der Waals surface area contributed by atoms with Crippen LogP contribution in [0.15, 0.2) is 121 Å². The van der Waals surface area contributed by atoms with E-state index in [-0.39, 0.29) is 11.9 Å². The van der Waals surface area contributed by atoms with Gasteiger partial charge in [0.25, 0.3) is 0 Å². The number of anilines is 1. The zero-order valence-corrected chi connectivity index (χ0v) is 22.7. The zero-order chi connectivity index (χ0) is 27.5. The molecule has 1 aliphatic rings. The highest BCUT2D eigenvalue weighted by Gasteiger charge is 2.35. The van der Waals surface area contributed by atoms with Crippen molar-refractivity contribution in [2.45, 2.75) is 24.9 Å².